The summed E-state index contributed by atoms with van der Waals surface area (Å²) in [5.41, 5.74) is 1.51. The lowest BCUT2D eigenvalue weighted by atomic mass is 9.68. The highest BCUT2D eigenvalue weighted by molar-refractivity contribution is 5.74. The first-order chi connectivity index (χ1) is 10.6. The third-order valence-corrected chi connectivity index (χ3v) is 4.98. The molecule has 1 saturated heterocycles. The molecule has 0 aromatic heterocycles. The number of hydrogen-bond donors (Lipinski definition) is 1. The summed E-state index contributed by atoms with van der Waals surface area (Å²) in [4.78, 5) is 24.2. The van der Waals surface area contributed by atoms with Crippen molar-refractivity contribution in [3.63, 3.8) is 0 Å². The van der Waals surface area contributed by atoms with Gasteiger partial charge < -0.3 is 10.2 Å². The minimum atomic E-state index is -0.408. The Morgan fingerprint density at radius 1 is 1.27 bits per heavy atom. The molecule has 1 aliphatic heterocycles. The van der Waals surface area contributed by atoms with Crippen molar-refractivity contribution in [2.45, 2.75) is 32.1 Å². The van der Waals surface area contributed by atoms with E-state index in [9.17, 15) is 14.9 Å². The third kappa shape index (κ3) is 3.05. The van der Waals surface area contributed by atoms with Crippen LogP contribution in [0.1, 0.15) is 31.2 Å². The summed E-state index contributed by atoms with van der Waals surface area (Å²) < 4.78 is 0. The van der Waals surface area contributed by atoms with E-state index in [-0.39, 0.29) is 11.7 Å². The Kier molecular flexibility index (Phi) is 4.00. The first-order valence-corrected chi connectivity index (χ1v) is 7.84. The molecule has 2 fully saturated rings. The monoisotopic (exact) mass is 303 g/mol. The van der Waals surface area contributed by atoms with Crippen LogP contribution in [-0.4, -0.2) is 35.5 Å². The van der Waals surface area contributed by atoms with Gasteiger partial charge in [-0.3, -0.25) is 10.1 Å². The fourth-order valence-electron chi connectivity index (χ4n) is 3.40. The normalized spacial score (nSPS) is 19.0. The number of nitrogens with zero attached hydrogens (tertiary/aromatic N) is 2. The second kappa shape index (κ2) is 5.94. The molecule has 2 amide bonds. The van der Waals surface area contributed by atoms with Crippen molar-refractivity contribution < 1.29 is 9.72 Å². The van der Waals surface area contributed by atoms with Crippen LogP contribution in [0.25, 0.3) is 0 Å². The summed E-state index contributed by atoms with van der Waals surface area (Å²) in [5.74, 6) is 0. The van der Waals surface area contributed by atoms with E-state index in [1.54, 1.807) is 12.1 Å². The van der Waals surface area contributed by atoms with Crippen molar-refractivity contribution in [2.75, 3.05) is 19.6 Å². The Morgan fingerprint density at radius 2 is 2.00 bits per heavy atom. The van der Waals surface area contributed by atoms with E-state index in [1.165, 1.54) is 31.4 Å². The van der Waals surface area contributed by atoms with Crippen LogP contribution in [0.5, 0.6) is 0 Å². The van der Waals surface area contributed by atoms with Crippen molar-refractivity contribution in [1.29, 1.82) is 0 Å². The molecule has 1 aromatic rings. The number of nitro benzene ring substituents is 1. The Morgan fingerprint density at radius 3 is 2.55 bits per heavy atom. The lowest BCUT2D eigenvalue weighted by molar-refractivity contribution is -0.384. The van der Waals surface area contributed by atoms with Crippen LogP contribution < -0.4 is 5.32 Å². The second-order valence-corrected chi connectivity index (χ2v) is 6.43. The number of carbonyl (C=O) groups excluding carboxylic acids is 1. The van der Waals surface area contributed by atoms with Gasteiger partial charge in [0.05, 0.1) is 4.92 Å². The van der Waals surface area contributed by atoms with Crippen LogP contribution in [-0.2, 0) is 6.42 Å². The summed E-state index contributed by atoms with van der Waals surface area (Å²) in [6, 6.07) is 6.49. The zero-order valence-corrected chi connectivity index (χ0v) is 12.6. The van der Waals surface area contributed by atoms with Gasteiger partial charge in [-0.05, 0) is 36.7 Å². The molecule has 1 saturated carbocycles. The van der Waals surface area contributed by atoms with Gasteiger partial charge in [-0.25, -0.2) is 4.79 Å². The Bertz CT molecular complexity index is 567. The molecular formula is C16H21N3O3. The van der Waals surface area contributed by atoms with Crippen LogP contribution in [0.15, 0.2) is 24.3 Å². The maximum absolute atomic E-state index is 12.1. The standard InChI is InChI=1S/C16H21N3O3/c20-15(18-11-9-16(12-18)7-1-8-16)17-10-6-13-2-4-14(5-3-13)19(21)22/h2-5H,1,6-12H2,(H,17,20). The van der Waals surface area contributed by atoms with Gasteiger partial charge in [0.25, 0.3) is 5.69 Å². The van der Waals surface area contributed by atoms with E-state index in [4.69, 9.17) is 0 Å². The highest BCUT2D eigenvalue weighted by atomic mass is 16.6. The van der Waals surface area contributed by atoms with Crippen LogP contribution in [0.4, 0.5) is 10.5 Å². The van der Waals surface area contributed by atoms with Gasteiger partial charge in [0, 0.05) is 31.8 Å². The van der Waals surface area contributed by atoms with E-state index in [1.807, 2.05) is 4.90 Å². The molecule has 6 nitrogen and oxygen atoms in total. The van der Waals surface area contributed by atoms with Crippen LogP contribution in [0, 0.1) is 15.5 Å². The van der Waals surface area contributed by atoms with E-state index in [0.29, 0.717) is 18.4 Å². The van der Waals surface area contributed by atoms with Crippen molar-refractivity contribution in [3.05, 3.63) is 39.9 Å². The topological polar surface area (TPSA) is 75.5 Å². The van der Waals surface area contributed by atoms with Crippen LogP contribution in [0.3, 0.4) is 0 Å². The number of carbonyl (C=O) groups is 1. The average Bonchev–Trinajstić information content (AvgIpc) is 2.93. The number of urea groups is 1. The number of non-ortho nitro benzene ring substituents is 1. The SMILES string of the molecule is O=C(NCCc1ccc([N+](=O)[O-])cc1)N1CCC2(CCC2)C1. The lowest BCUT2D eigenvalue weighted by Gasteiger charge is -2.37. The number of nitrogens with one attached hydrogen (secondary N) is 1. The van der Waals surface area contributed by atoms with Gasteiger partial charge in [-0.15, -0.1) is 0 Å². The van der Waals surface area contributed by atoms with E-state index in [2.05, 4.69) is 5.32 Å². The molecule has 0 radical (unpaired) electrons. The predicted molar refractivity (Wildman–Crippen MR) is 82.7 cm³/mol. The molecule has 22 heavy (non-hydrogen) atoms. The molecule has 1 heterocycles. The fraction of sp³-hybridized carbons (Fsp3) is 0.562. The number of amides is 2. The van der Waals surface area contributed by atoms with Gasteiger partial charge >= 0.3 is 6.03 Å². The molecule has 1 spiro atoms. The minimum absolute atomic E-state index is 0.0192. The molecule has 1 aromatic carbocycles. The second-order valence-electron chi connectivity index (χ2n) is 6.43. The van der Waals surface area contributed by atoms with Gasteiger partial charge in [-0.1, -0.05) is 18.6 Å². The molecule has 0 unspecified atom stereocenters. The Labute approximate surface area is 129 Å². The Balaban J connectivity index is 1.43. The van der Waals surface area contributed by atoms with Crippen LogP contribution >= 0.6 is 0 Å². The minimum Gasteiger partial charge on any atom is -0.338 e. The smallest absolute Gasteiger partial charge is 0.317 e. The molecule has 0 bridgehead atoms. The summed E-state index contributed by atoms with van der Waals surface area (Å²) in [6.45, 7) is 2.32. The van der Waals surface area contributed by atoms with Gasteiger partial charge in [0.1, 0.15) is 0 Å². The van der Waals surface area contributed by atoms with Gasteiger partial charge in [0.15, 0.2) is 0 Å². The molecule has 2 aliphatic rings. The van der Waals surface area contributed by atoms with Crippen molar-refractivity contribution in [3.8, 4) is 0 Å². The van der Waals surface area contributed by atoms with E-state index in [0.717, 1.165) is 25.1 Å². The molecule has 1 aliphatic carbocycles. The molecule has 0 atom stereocenters. The number of likely N-dealkylation sites (tertiary alicyclic amines) is 1. The molecule has 1 N–H and O–H groups in total. The summed E-state index contributed by atoms with van der Waals surface area (Å²) in [5, 5.41) is 13.5. The summed E-state index contributed by atoms with van der Waals surface area (Å²) >= 11 is 0. The zero-order valence-electron chi connectivity index (χ0n) is 12.6. The number of nitro groups is 1. The lowest BCUT2D eigenvalue weighted by Crippen LogP contribution is -2.41. The average molecular weight is 303 g/mol. The highest BCUT2D eigenvalue weighted by Gasteiger charge is 2.43. The van der Waals surface area contributed by atoms with E-state index >= 15 is 0 Å². The summed E-state index contributed by atoms with van der Waals surface area (Å²) in [7, 11) is 0. The third-order valence-electron chi connectivity index (χ3n) is 4.98. The zero-order chi connectivity index (χ0) is 15.6. The van der Waals surface area contributed by atoms with Crippen LogP contribution in [0.2, 0.25) is 0 Å². The number of rotatable bonds is 4. The molecular weight excluding hydrogens is 282 g/mol. The fourth-order valence-corrected chi connectivity index (χ4v) is 3.40. The molecule has 6 heteroatoms. The van der Waals surface area contributed by atoms with Crippen molar-refractivity contribution in [2.24, 2.45) is 5.41 Å². The van der Waals surface area contributed by atoms with Crippen molar-refractivity contribution >= 4 is 11.7 Å². The first kappa shape index (κ1) is 14.8. The molecule has 118 valence electrons. The van der Waals surface area contributed by atoms with E-state index < -0.39 is 4.92 Å². The maximum atomic E-state index is 12.1. The molecule has 3 rings (SSSR count). The number of hydrogen-bond acceptors (Lipinski definition) is 3. The Hall–Kier alpha value is -2.11. The van der Waals surface area contributed by atoms with Gasteiger partial charge in [-0.2, -0.15) is 0 Å². The quantitative estimate of drug-likeness (QED) is 0.686. The largest absolute Gasteiger partial charge is 0.338 e. The van der Waals surface area contributed by atoms with Crippen molar-refractivity contribution in [1.82, 2.24) is 10.2 Å². The predicted octanol–water partition coefficient (Wildman–Crippen LogP) is 2.72. The number of benzene rings is 1. The van der Waals surface area contributed by atoms with Gasteiger partial charge in [0.2, 0.25) is 0 Å². The first-order valence-electron chi connectivity index (χ1n) is 7.84. The maximum Gasteiger partial charge on any atom is 0.317 e. The summed E-state index contributed by atoms with van der Waals surface area (Å²) in [6.07, 6.45) is 5.65. The highest BCUT2D eigenvalue weighted by Crippen LogP contribution is 2.47.